The molecule has 0 unspecified atom stereocenters. The number of carbonyl (C=O) groups is 1. The van der Waals surface area contributed by atoms with Crippen LogP contribution in [-0.2, 0) is 21.4 Å². The molecular formula is C21H36IN5O3S. The number of hydrogen-bond donors (Lipinski definition) is 2. The minimum absolute atomic E-state index is 0. The maximum absolute atomic E-state index is 12.6. The van der Waals surface area contributed by atoms with Crippen LogP contribution in [0.3, 0.4) is 0 Å². The van der Waals surface area contributed by atoms with E-state index >= 15 is 0 Å². The maximum atomic E-state index is 12.6. The van der Waals surface area contributed by atoms with E-state index < -0.39 is 10.0 Å². The van der Waals surface area contributed by atoms with Crippen molar-refractivity contribution in [1.29, 1.82) is 0 Å². The van der Waals surface area contributed by atoms with Crippen LogP contribution >= 0.6 is 24.0 Å². The molecule has 2 N–H and O–H groups in total. The Hall–Kier alpha value is -1.40. The van der Waals surface area contributed by atoms with E-state index in [0.29, 0.717) is 18.9 Å². The van der Waals surface area contributed by atoms with E-state index in [1.807, 2.05) is 25.7 Å². The van der Waals surface area contributed by atoms with Crippen LogP contribution in [0.1, 0.15) is 45.6 Å². The number of aliphatic imine (C=N–C) groups is 1. The molecule has 0 bridgehead atoms. The second kappa shape index (κ2) is 13.2. The largest absolute Gasteiger partial charge is 0.357 e. The fourth-order valence-corrected chi connectivity index (χ4v) is 4.51. The molecule has 1 amide bonds. The summed E-state index contributed by atoms with van der Waals surface area (Å²) < 4.78 is 26.5. The van der Waals surface area contributed by atoms with E-state index in [1.165, 1.54) is 4.31 Å². The first kappa shape index (κ1) is 27.6. The van der Waals surface area contributed by atoms with Crippen LogP contribution in [0.4, 0.5) is 0 Å². The van der Waals surface area contributed by atoms with E-state index in [4.69, 9.17) is 0 Å². The number of benzene rings is 1. The van der Waals surface area contributed by atoms with E-state index in [-0.39, 0.29) is 40.8 Å². The van der Waals surface area contributed by atoms with Crippen molar-refractivity contribution in [1.82, 2.24) is 19.8 Å². The van der Waals surface area contributed by atoms with E-state index in [1.54, 1.807) is 31.3 Å². The second-order valence-corrected chi connectivity index (χ2v) is 9.72. The fourth-order valence-electron chi connectivity index (χ4n) is 3.14. The van der Waals surface area contributed by atoms with Gasteiger partial charge in [0.05, 0.1) is 11.4 Å². The van der Waals surface area contributed by atoms with Gasteiger partial charge in [-0.2, -0.15) is 4.31 Å². The number of rotatable bonds is 10. The Labute approximate surface area is 203 Å². The molecule has 176 valence electrons. The Kier molecular flexibility index (Phi) is 11.8. The van der Waals surface area contributed by atoms with Gasteiger partial charge in [-0.25, -0.2) is 13.4 Å². The molecule has 0 aromatic heterocycles. The van der Waals surface area contributed by atoms with Gasteiger partial charge in [-0.15, -0.1) is 24.0 Å². The summed E-state index contributed by atoms with van der Waals surface area (Å²) in [7, 11) is -1.89. The topological polar surface area (TPSA) is 94.1 Å². The summed E-state index contributed by atoms with van der Waals surface area (Å²) in [6.45, 7) is 9.25. The van der Waals surface area contributed by atoms with Crippen LogP contribution in [0.5, 0.6) is 0 Å². The maximum Gasteiger partial charge on any atom is 0.243 e. The van der Waals surface area contributed by atoms with Gasteiger partial charge in [0.25, 0.3) is 0 Å². The van der Waals surface area contributed by atoms with Crippen LogP contribution in [0.25, 0.3) is 0 Å². The van der Waals surface area contributed by atoms with Gasteiger partial charge in [0.15, 0.2) is 5.96 Å². The zero-order valence-electron chi connectivity index (χ0n) is 18.9. The van der Waals surface area contributed by atoms with E-state index in [0.717, 1.165) is 44.6 Å². The molecule has 1 aromatic carbocycles. The standard InChI is InChI=1S/C21H35N5O3S.HI/c1-5-22-21(23-13-7-15-26-14-6-8-20(26)27)24-16-18-9-11-19(12-10-18)30(28,29)25(4)17(2)3;/h9-12,17H,5-8,13-16H2,1-4H3,(H2,22,23,24);1H. The molecule has 0 saturated carbocycles. The van der Waals surface area contributed by atoms with Gasteiger partial charge in [-0.05, 0) is 51.3 Å². The summed E-state index contributed by atoms with van der Waals surface area (Å²) in [5.41, 5.74) is 0.931. The van der Waals surface area contributed by atoms with Gasteiger partial charge in [0, 0.05) is 45.7 Å². The third kappa shape index (κ3) is 8.23. The molecule has 0 atom stereocenters. The minimum atomic E-state index is -3.48. The summed E-state index contributed by atoms with van der Waals surface area (Å²) in [6, 6.07) is 6.76. The highest BCUT2D eigenvalue weighted by molar-refractivity contribution is 14.0. The summed E-state index contributed by atoms with van der Waals surface area (Å²) >= 11 is 0. The molecule has 10 heteroatoms. The normalized spacial score (nSPS) is 14.8. The number of guanidine groups is 1. The Balaban J connectivity index is 0.00000480. The molecule has 31 heavy (non-hydrogen) atoms. The summed E-state index contributed by atoms with van der Waals surface area (Å²) in [5.74, 6) is 0.960. The highest BCUT2D eigenvalue weighted by Gasteiger charge is 2.22. The van der Waals surface area contributed by atoms with Gasteiger partial charge in [0.2, 0.25) is 15.9 Å². The van der Waals surface area contributed by atoms with E-state index in [9.17, 15) is 13.2 Å². The number of likely N-dealkylation sites (tertiary alicyclic amines) is 1. The molecule has 1 saturated heterocycles. The predicted octanol–water partition coefficient (Wildman–Crippen LogP) is 2.40. The van der Waals surface area contributed by atoms with Crippen molar-refractivity contribution in [3.8, 4) is 0 Å². The van der Waals surface area contributed by atoms with Crippen molar-refractivity contribution in [2.75, 3.05) is 33.2 Å². The van der Waals surface area contributed by atoms with Gasteiger partial charge in [-0.1, -0.05) is 12.1 Å². The molecule has 0 radical (unpaired) electrons. The minimum Gasteiger partial charge on any atom is -0.357 e. The van der Waals surface area contributed by atoms with Crippen LogP contribution in [-0.4, -0.2) is 68.8 Å². The Morgan fingerprint density at radius 1 is 1.23 bits per heavy atom. The first-order valence-corrected chi connectivity index (χ1v) is 12.1. The van der Waals surface area contributed by atoms with E-state index in [2.05, 4.69) is 15.6 Å². The Bertz CT molecular complexity index is 828. The first-order valence-electron chi connectivity index (χ1n) is 10.6. The molecule has 1 fully saturated rings. The molecule has 1 heterocycles. The van der Waals surface area contributed by atoms with Gasteiger partial charge >= 0.3 is 0 Å². The monoisotopic (exact) mass is 565 g/mol. The molecule has 1 aliphatic rings. The average Bonchev–Trinajstić information content (AvgIpc) is 3.13. The zero-order chi connectivity index (χ0) is 22.1. The number of sulfonamides is 1. The zero-order valence-corrected chi connectivity index (χ0v) is 22.1. The molecule has 8 nitrogen and oxygen atoms in total. The second-order valence-electron chi connectivity index (χ2n) is 7.72. The Morgan fingerprint density at radius 2 is 1.90 bits per heavy atom. The Morgan fingerprint density at radius 3 is 2.45 bits per heavy atom. The molecule has 1 aromatic rings. The summed E-state index contributed by atoms with van der Waals surface area (Å²) in [5, 5.41) is 6.50. The lowest BCUT2D eigenvalue weighted by Gasteiger charge is -2.21. The number of nitrogens with one attached hydrogen (secondary N) is 2. The van der Waals surface area contributed by atoms with Crippen molar-refractivity contribution in [2.45, 2.75) is 57.5 Å². The van der Waals surface area contributed by atoms with Gasteiger partial charge in [-0.3, -0.25) is 4.79 Å². The lowest BCUT2D eigenvalue weighted by atomic mass is 10.2. The number of halogens is 1. The summed E-state index contributed by atoms with van der Waals surface area (Å²) in [4.78, 5) is 18.4. The SMILES string of the molecule is CCNC(=NCc1ccc(S(=O)(=O)N(C)C(C)C)cc1)NCCCN1CCCC1=O.I. The molecule has 0 spiro atoms. The molecular weight excluding hydrogens is 529 g/mol. The highest BCUT2D eigenvalue weighted by atomic mass is 127. The van der Waals surface area contributed by atoms with Gasteiger partial charge < -0.3 is 15.5 Å². The van der Waals surface area contributed by atoms with Crippen molar-refractivity contribution in [3.05, 3.63) is 29.8 Å². The number of hydrogen-bond acceptors (Lipinski definition) is 4. The van der Waals surface area contributed by atoms with Crippen LogP contribution in [0.15, 0.2) is 34.2 Å². The van der Waals surface area contributed by atoms with Crippen molar-refractivity contribution < 1.29 is 13.2 Å². The molecule has 0 aliphatic carbocycles. The van der Waals surface area contributed by atoms with Crippen molar-refractivity contribution in [3.63, 3.8) is 0 Å². The number of carbonyl (C=O) groups excluding carboxylic acids is 1. The number of nitrogens with zero attached hydrogens (tertiary/aromatic N) is 3. The van der Waals surface area contributed by atoms with Crippen LogP contribution < -0.4 is 10.6 Å². The number of amides is 1. The van der Waals surface area contributed by atoms with Crippen molar-refractivity contribution in [2.24, 2.45) is 4.99 Å². The quantitative estimate of drug-likeness (QED) is 0.197. The predicted molar refractivity (Wildman–Crippen MR) is 135 cm³/mol. The fraction of sp³-hybridized carbons (Fsp3) is 0.619. The van der Waals surface area contributed by atoms with Gasteiger partial charge in [0.1, 0.15) is 0 Å². The smallest absolute Gasteiger partial charge is 0.243 e. The first-order chi connectivity index (χ1) is 14.3. The summed E-state index contributed by atoms with van der Waals surface area (Å²) in [6.07, 6.45) is 2.50. The molecule has 2 rings (SSSR count). The molecule has 1 aliphatic heterocycles. The lowest BCUT2D eigenvalue weighted by Crippen LogP contribution is -2.39. The van der Waals surface area contributed by atoms with Crippen LogP contribution in [0.2, 0.25) is 0 Å². The third-order valence-electron chi connectivity index (χ3n) is 5.16. The van der Waals surface area contributed by atoms with Crippen LogP contribution in [0, 0.1) is 0 Å². The third-order valence-corrected chi connectivity index (χ3v) is 7.21. The average molecular weight is 566 g/mol. The highest BCUT2D eigenvalue weighted by Crippen LogP contribution is 2.17. The lowest BCUT2D eigenvalue weighted by molar-refractivity contribution is -0.127. The van der Waals surface area contributed by atoms with Crippen molar-refractivity contribution >= 4 is 45.9 Å².